The number of halogens is 2. The molecule has 0 aliphatic heterocycles. The van der Waals surface area contributed by atoms with Crippen molar-refractivity contribution in [3.05, 3.63) is 63.1 Å². The Balaban J connectivity index is 2.21. The highest BCUT2D eigenvalue weighted by atomic mass is 79.9. The van der Waals surface area contributed by atoms with Crippen LogP contribution >= 0.6 is 27.5 Å². The van der Waals surface area contributed by atoms with Crippen LogP contribution in [0.2, 0.25) is 5.02 Å². The van der Waals surface area contributed by atoms with Crippen LogP contribution < -0.4 is 10.5 Å². The molecule has 0 saturated carbocycles. The average Bonchev–Trinajstić information content (AvgIpc) is 2.43. The molecule has 2 nitrogen and oxygen atoms in total. The number of nitrogens with two attached hydrogens (primary N) is 1. The van der Waals surface area contributed by atoms with Crippen LogP contribution in [0.4, 0.5) is 0 Å². The van der Waals surface area contributed by atoms with E-state index < -0.39 is 0 Å². The number of para-hydroxylation sites is 1. The van der Waals surface area contributed by atoms with E-state index in [4.69, 9.17) is 22.1 Å². The van der Waals surface area contributed by atoms with Gasteiger partial charge in [-0.2, -0.15) is 0 Å². The third kappa shape index (κ3) is 3.75. The average molecular weight is 355 g/mol. The molecule has 0 radical (unpaired) electrons. The van der Waals surface area contributed by atoms with Crippen molar-refractivity contribution >= 4 is 27.5 Å². The van der Waals surface area contributed by atoms with Crippen molar-refractivity contribution in [1.82, 2.24) is 0 Å². The van der Waals surface area contributed by atoms with Gasteiger partial charge in [-0.15, -0.1) is 0 Å². The zero-order valence-electron chi connectivity index (χ0n) is 11.3. The summed E-state index contributed by atoms with van der Waals surface area (Å²) in [5.41, 5.74) is 8.36. The number of rotatable bonds is 5. The van der Waals surface area contributed by atoms with Crippen LogP contribution in [-0.2, 0) is 6.42 Å². The van der Waals surface area contributed by atoms with Crippen molar-refractivity contribution in [3.63, 3.8) is 0 Å². The molecule has 106 valence electrons. The summed E-state index contributed by atoms with van der Waals surface area (Å²) in [6.07, 6.45) is 0.677. The maximum Gasteiger partial charge on any atom is 0.124 e. The van der Waals surface area contributed by atoms with Gasteiger partial charge in [0.05, 0.1) is 6.61 Å². The van der Waals surface area contributed by atoms with Gasteiger partial charge in [-0.05, 0) is 37.1 Å². The SMILES string of the molecule is CCOc1ccccc1C(N)Cc1ccc(Br)cc1Cl. The van der Waals surface area contributed by atoms with Crippen LogP contribution in [0.5, 0.6) is 5.75 Å². The van der Waals surface area contributed by atoms with Crippen molar-refractivity contribution in [2.75, 3.05) is 6.61 Å². The second kappa shape index (κ2) is 7.11. The van der Waals surface area contributed by atoms with Gasteiger partial charge >= 0.3 is 0 Å². The van der Waals surface area contributed by atoms with Crippen LogP contribution in [0.3, 0.4) is 0 Å². The molecule has 0 spiro atoms. The summed E-state index contributed by atoms with van der Waals surface area (Å²) < 4.78 is 6.59. The first kappa shape index (κ1) is 15.4. The molecule has 0 aliphatic rings. The molecule has 0 saturated heterocycles. The van der Waals surface area contributed by atoms with Crippen molar-refractivity contribution in [2.24, 2.45) is 5.73 Å². The highest BCUT2D eigenvalue weighted by Crippen LogP contribution is 2.29. The van der Waals surface area contributed by atoms with Crippen molar-refractivity contribution < 1.29 is 4.74 Å². The number of hydrogen-bond donors (Lipinski definition) is 1. The molecule has 2 rings (SSSR count). The Labute approximate surface area is 133 Å². The summed E-state index contributed by atoms with van der Waals surface area (Å²) in [5.74, 6) is 0.843. The van der Waals surface area contributed by atoms with E-state index in [1.54, 1.807) is 0 Å². The van der Waals surface area contributed by atoms with Gasteiger partial charge in [0.1, 0.15) is 5.75 Å². The zero-order valence-corrected chi connectivity index (χ0v) is 13.6. The zero-order chi connectivity index (χ0) is 14.5. The number of benzene rings is 2. The van der Waals surface area contributed by atoms with E-state index >= 15 is 0 Å². The Morgan fingerprint density at radius 2 is 2.00 bits per heavy atom. The lowest BCUT2D eigenvalue weighted by molar-refractivity contribution is 0.334. The van der Waals surface area contributed by atoms with Gasteiger partial charge in [-0.1, -0.05) is 51.8 Å². The predicted octanol–water partition coefficient (Wildman–Crippen LogP) is 4.74. The largest absolute Gasteiger partial charge is 0.494 e. The Hall–Kier alpha value is -1.03. The summed E-state index contributed by atoms with van der Waals surface area (Å²) in [7, 11) is 0. The van der Waals surface area contributed by atoms with Crippen molar-refractivity contribution in [1.29, 1.82) is 0 Å². The summed E-state index contributed by atoms with van der Waals surface area (Å²) in [6, 6.07) is 13.6. The number of hydrogen-bond acceptors (Lipinski definition) is 2. The quantitative estimate of drug-likeness (QED) is 0.841. The van der Waals surface area contributed by atoms with Gasteiger partial charge < -0.3 is 10.5 Å². The molecule has 2 N–H and O–H groups in total. The third-order valence-electron chi connectivity index (χ3n) is 3.07. The lowest BCUT2D eigenvalue weighted by Gasteiger charge is -2.17. The van der Waals surface area contributed by atoms with E-state index in [9.17, 15) is 0 Å². The van der Waals surface area contributed by atoms with Crippen LogP contribution in [0, 0.1) is 0 Å². The van der Waals surface area contributed by atoms with E-state index in [-0.39, 0.29) is 6.04 Å². The van der Waals surface area contributed by atoms with Crippen molar-refractivity contribution in [2.45, 2.75) is 19.4 Å². The molecule has 0 amide bonds. The molecule has 0 bridgehead atoms. The highest BCUT2D eigenvalue weighted by Gasteiger charge is 2.14. The molecule has 2 aromatic carbocycles. The van der Waals surface area contributed by atoms with Gasteiger partial charge in [0.25, 0.3) is 0 Å². The van der Waals surface area contributed by atoms with E-state index in [0.29, 0.717) is 13.0 Å². The maximum absolute atomic E-state index is 6.31. The summed E-state index contributed by atoms with van der Waals surface area (Å²) >= 11 is 9.65. The second-order valence-corrected chi connectivity index (χ2v) is 5.84. The van der Waals surface area contributed by atoms with E-state index in [1.807, 2.05) is 49.4 Å². The fourth-order valence-electron chi connectivity index (χ4n) is 2.11. The molecule has 2 aromatic rings. The summed E-state index contributed by atoms with van der Waals surface area (Å²) in [5, 5.41) is 0.726. The number of ether oxygens (including phenoxy) is 1. The molecule has 4 heteroatoms. The van der Waals surface area contributed by atoms with Gasteiger partial charge in [0.15, 0.2) is 0 Å². The second-order valence-electron chi connectivity index (χ2n) is 4.52. The summed E-state index contributed by atoms with van der Waals surface area (Å²) in [6.45, 7) is 2.59. The molecular formula is C16H17BrClNO. The Bertz CT molecular complexity index is 588. The molecule has 0 heterocycles. The fraction of sp³-hybridized carbons (Fsp3) is 0.250. The minimum atomic E-state index is -0.142. The lowest BCUT2D eigenvalue weighted by atomic mass is 9.99. The smallest absolute Gasteiger partial charge is 0.124 e. The molecule has 1 atom stereocenters. The molecule has 0 aliphatic carbocycles. The van der Waals surface area contributed by atoms with E-state index in [0.717, 1.165) is 26.4 Å². The predicted molar refractivity (Wildman–Crippen MR) is 87.4 cm³/mol. The van der Waals surface area contributed by atoms with E-state index in [1.165, 1.54) is 0 Å². The molecule has 0 fully saturated rings. The normalized spacial score (nSPS) is 12.2. The highest BCUT2D eigenvalue weighted by molar-refractivity contribution is 9.10. The Kier molecular flexibility index (Phi) is 5.46. The monoisotopic (exact) mass is 353 g/mol. The molecule has 1 unspecified atom stereocenters. The fourth-order valence-corrected chi connectivity index (χ4v) is 2.86. The molecular weight excluding hydrogens is 338 g/mol. The van der Waals surface area contributed by atoms with Crippen LogP contribution in [0.1, 0.15) is 24.1 Å². The minimum Gasteiger partial charge on any atom is -0.494 e. The summed E-state index contributed by atoms with van der Waals surface area (Å²) in [4.78, 5) is 0. The van der Waals surface area contributed by atoms with Gasteiger partial charge in [-0.3, -0.25) is 0 Å². The first-order chi connectivity index (χ1) is 9.61. The van der Waals surface area contributed by atoms with Crippen molar-refractivity contribution in [3.8, 4) is 5.75 Å². The topological polar surface area (TPSA) is 35.2 Å². The maximum atomic E-state index is 6.31. The first-order valence-corrected chi connectivity index (χ1v) is 7.70. The van der Waals surface area contributed by atoms with Gasteiger partial charge in [0.2, 0.25) is 0 Å². The van der Waals surface area contributed by atoms with Crippen LogP contribution in [0.25, 0.3) is 0 Å². The minimum absolute atomic E-state index is 0.142. The third-order valence-corrected chi connectivity index (χ3v) is 3.92. The van der Waals surface area contributed by atoms with Gasteiger partial charge in [-0.25, -0.2) is 0 Å². The standard InChI is InChI=1S/C16H17BrClNO/c1-2-20-16-6-4-3-5-13(16)15(19)9-11-7-8-12(17)10-14(11)18/h3-8,10,15H,2,9,19H2,1H3. The van der Waals surface area contributed by atoms with Crippen LogP contribution in [0.15, 0.2) is 46.9 Å². The Morgan fingerprint density at radius 3 is 2.70 bits per heavy atom. The first-order valence-electron chi connectivity index (χ1n) is 6.53. The van der Waals surface area contributed by atoms with E-state index in [2.05, 4.69) is 15.9 Å². The van der Waals surface area contributed by atoms with Crippen LogP contribution in [-0.4, -0.2) is 6.61 Å². The Morgan fingerprint density at radius 1 is 1.25 bits per heavy atom. The molecule has 20 heavy (non-hydrogen) atoms. The van der Waals surface area contributed by atoms with Gasteiger partial charge in [0, 0.05) is 21.1 Å². The lowest BCUT2D eigenvalue weighted by Crippen LogP contribution is -2.15. The molecule has 0 aromatic heterocycles.